The predicted molar refractivity (Wildman–Crippen MR) is 115 cm³/mol. The second kappa shape index (κ2) is 19.2. The first kappa shape index (κ1) is 26.8. The van der Waals surface area contributed by atoms with Crippen molar-refractivity contribution in [3.63, 3.8) is 0 Å². The Morgan fingerprint density at radius 3 is 1.26 bits per heavy atom. The molecular formula is C22H45O4P. The molecule has 0 atom stereocenters. The standard InChI is InChI=1S/C22H45O4P/c1-4-7-8-9-10-11-12-13-14-15-16-17-18-19-20-21-22(23)27(24,25-5-2)26-6-3/h4-21H2,1-3H3. The molecule has 0 N–H and O–H groups in total. The average Bonchev–Trinajstić information content (AvgIpc) is 2.65. The van der Waals surface area contributed by atoms with Crippen LogP contribution in [0.4, 0.5) is 0 Å². The largest absolute Gasteiger partial charge is 0.396 e. The topological polar surface area (TPSA) is 52.6 Å². The number of carbonyl (C=O) groups is 1. The molecule has 0 aromatic rings. The van der Waals surface area contributed by atoms with E-state index in [4.69, 9.17) is 9.05 Å². The van der Waals surface area contributed by atoms with E-state index in [1.807, 2.05) is 0 Å². The van der Waals surface area contributed by atoms with E-state index in [2.05, 4.69) is 6.92 Å². The molecule has 0 unspecified atom stereocenters. The minimum Gasteiger partial charge on any atom is -0.303 e. The van der Waals surface area contributed by atoms with Gasteiger partial charge in [0.25, 0.3) is 0 Å². The summed E-state index contributed by atoms with van der Waals surface area (Å²) in [7, 11) is -3.54. The van der Waals surface area contributed by atoms with E-state index >= 15 is 0 Å². The van der Waals surface area contributed by atoms with Crippen molar-refractivity contribution < 1.29 is 18.4 Å². The Morgan fingerprint density at radius 2 is 0.926 bits per heavy atom. The summed E-state index contributed by atoms with van der Waals surface area (Å²) >= 11 is 0. The van der Waals surface area contributed by atoms with E-state index in [1.54, 1.807) is 13.8 Å². The molecule has 27 heavy (non-hydrogen) atoms. The van der Waals surface area contributed by atoms with E-state index in [0.29, 0.717) is 6.42 Å². The van der Waals surface area contributed by atoms with Crippen molar-refractivity contribution in [1.82, 2.24) is 0 Å². The quantitative estimate of drug-likeness (QED) is 0.143. The maximum Gasteiger partial charge on any atom is 0.396 e. The fraction of sp³-hybridized carbons (Fsp3) is 0.955. The van der Waals surface area contributed by atoms with Gasteiger partial charge in [-0.15, -0.1) is 0 Å². The second-order valence-corrected chi connectivity index (χ2v) is 9.44. The molecule has 4 nitrogen and oxygen atoms in total. The van der Waals surface area contributed by atoms with E-state index in [1.165, 1.54) is 77.0 Å². The van der Waals surface area contributed by atoms with Gasteiger partial charge in [-0.1, -0.05) is 96.8 Å². The highest BCUT2D eigenvalue weighted by molar-refractivity contribution is 7.71. The Morgan fingerprint density at radius 1 is 0.593 bits per heavy atom. The Bertz CT molecular complexity index is 375. The van der Waals surface area contributed by atoms with Crippen molar-refractivity contribution in [2.75, 3.05) is 13.2 Å². The maximum atomic E-state index is 12.3. The highest BCUT2D eigenvalue weighted by Crippen LogP contribution is 2.50. The minimum absolute atomic E-state index is 0.238. The molecule has 0 heterocycles. The molecule has 0 aromatic carbocycles. The fourth-order valence-electron chi connectivity index (χ4n) is 3.31. The molecular weight excluding hydrogens is 359 g/mol. The molecule has 0 radical (unpaired) electrons. The monoisotopic (exact) mass is 404 g/mol. The van der Waals surface area contributed by atoms with Crippen LogP contribution in [-0.2, 0) is 18.4 Å². The highest BCUT2D eigenvalue weighted by Gasteiger charge is 2.32. The summed E-state index contributed by atoms with van der Waals surface area (Å²) < 4.78 is 22.5. The van der Waals surface area contributed by atoms with Gasteiger partial charge in [-0.25, -0.2) is 0 Å². The van der Waals surface area contributed by atoms with Crippen LogP contribution in [0.5, 0.6) is 0 Å². The van der Waals surface area contributed by atoms with E-state index in [0.717, 1.165) is 19.3 Å². The zero-order valence-electron chi connectivity index (χ0n) is 18.3. The molecule has 0 rings (SSSR count). The van der Waals surface area contributed by atoms with Gasteiger partial charge >= 0.3 is 7.60 Å². The zero-order chi connectivity index (χ0) is 20.2. The van der Waals surface area contributed by atoms with E-state index in [9.17, 15) is 9.36 Å². The predicted octanol–water partition coefficient (Wildman–Crippen LogP) is 8.04. The third-order valence-corrected chi connectivity index (χ3v) is 6.93. The summed E-state index contributed by atoms with van der Waals surface area (Å²) in [6.45, 7) is 6.20. The fourth-order valence-corrected chi connectivity index (χ4v) is 4.78. The molecule has 0 fully saturated rings. The molecule has 0 aliphatic carbocycles. The summed E-state index contributed by atoms with van der Waals surface area (Å²) in [4.78, 5) is 12.1. The third-order valence-electron chi connectivity index (χ3n) is 4.90. The first-order valence-electron chi connectivity index (χ1n) is 11.5. The Hall–Kier alpha value is -0.180. The minimum atomic E-state index is -3.54. The first-order valence-corrected chi connectivity index (χ1v) is 13.1. The maximum absolute atomic E-state index is 12.3. The molecule has 0 spiro atoms. The number of hydrogen-bond acceptors (Lipinski definition) is 4. The second-order valence-electron chi connectivity index (χ2n) is 7.43. The van der Waals surface area contributed by atoms with Crippen molar-refractivity contribution in [3.05, 3.63) is 0 Å². The molecule has 0 bridgehead atoms. The van der Waals surface area contributed by atoms with Crippen molar-refractivity contribution in [2.24, 2.45) is 0 Å². The van der Waals surface area contributed by atoms with Crippen LogP contribution in [-0.4, -0.2) is 18.7 Å². The lowest BCUT2D eigenvalue weighted by molar-refractivity contribution is -0.114. The Labute approximate surface area is 168 Å². The third kappa shape index (κ3) is 15.4. The van der Waals surface area contributed by atoms with Crippen molar-refractivity contribution >= 4 is 13.1 Å². The van der Waals surface area contributed by atoms with Gasteiger partial charge in [0.1, 0.15) is 0 Å². The molecule has 5 heteroatoms. The van der Waals surface area contributed by atoms with Gasteiger partial charge in [-0.3, -0.25) is 9.36 Å². The van der Waals surface area contributed by atoms with E-state index < -0.39 is 7.60 Å². The zero-order valence-corrected chi connectivity index (χ0v) is 19.2. The summed E-state index contributed by atoms with van der Waals surface area (Å²) in [5.41, 5.74) is -0.360. The van der Waals surface area contributed by atoms with Gasteiger partial charge in [0.05, 0.1) is 13.2 Å². The van der Waals surface area contributed by atoms with Crippen LogP contribution in [0.1, 0.15) is 124 Å². The van der Waals surface area contributed by atoms with Crippen LogP contribution < -0.4 is 0 Å². The van der Waals surface area contributed by atoms with E-state index in [-0.39, 0.29) is 18.7 Å². The Balaban J connectivity index is 3.44. The molecule has 0 aromatic heterocycles. The number of unbranched alkanes of at least 4 members (excludes halogenated alkanes) is 14. The lowest BCUT2D eigenvalue weighted by Crippen LogP contribution is -2.07. The molecule has 0 saturated heterocycles. The van der Waals surface area contributed by atoms with Crippen LogP contribution in [0.15, 0.2) is 0 Å². The molecule has 0 aliphatic heterocycles. The summed E-state index contributed by atoms with van der Waals surface area (Å²) in [6, 6.07) is 0. The van der Waals surface area contributed by atoms with Crippen LogP contribution in [0.2, 0.25) is 0 Å². The van der Waals surface area contributed by atoms with Crippen LogP contribution >= 0.6 is 7.60 Å². The summed E-state index contributed by atoms with van der Waals surface area (Å²) in [6.07, 6.45) is 19.6. The lowest BCUT2D eigenvalue weighted by atomic mass is 10.0. The molecule has 162 valence electrons. The van der Waals surface area contributed by atoms with Crippen LogP contribution in [0.3, 0.4) is 0 Å². The average molecular weight is 405 g/mol. The summed E-state index contributed by atoms with van der Waals surface area (Å²) in [5.74, 6) is 0. The SMILES string of the molecule is CCCCCCCCCCCCCCCCCC(=O)P(=O)(OCC)OCC. The van der Waals surface area contributed by atoms with Gasteiger partial charge in [-0.2, -0.15) is 0 Å². The van der Waals surface area contributed by atoms with Crippen LogP contribution in [0.25, 0.3) is 0 Å². The normalized spacial score (nSPS) is 11.8. The van der Waals surface area contributed by atoms with Crippen molar-refractivity contribution in [3.8, 4) is 0 Å². The van der Waals surface area contributed by atoms with Gasteiger partial charge in [0.2, 0.25) is 5.52 Å². The van der Waals surface area contributed by atoms with Gasteiger partial charge in [-0.05, 0) is 20.3 Å². The highest BCUT2D eigenvalue weighted by atomic mass is 31.2. The van der Waals surface area contributed by atoms with Crippen LogP contribution in [0, 0.1) is 0 Å². The molecule has 0 saturated carbocycles. The first-order chi connectivity index (χ1) is 13.1. The van der Waals surface area contributed by atoms with Gasteiger partial charge < -0.3 is 9.05 Å². The molecule has 0 aliphatic rings. The van der Waals surface area contributed by atoms with Gasteiger partial charge in [0.15, 0.2) is 0 Å². The van der Waals surface area contributed by atoms with Gasteiger partial charge in [0, 0.05) is 6.42 Å². The van der Waals surface area contributed by atoms with Crippen molar-refractivity contribution in [2.45, 2.75) is 124 Å². The smallest absolute Gasteiger partial charge is 0.303 e. The lowest BCUT2D eigenvalue weighted by Gasteiger charge is -2.15. The number of hydrogen-bond donors (Lipinski definition) is 0. The summed E-state index contributed by atoms with van der Waals surface area (Å²) in [5, 5.41) is 0. The Kier molecular flexibility index (Phi) is 19.0. The molecule has 0 amide bonds. The van der Waals surface area contributed by atoms with Crippen molar-refractivity contribution in [1.29, 1.82) is 0 Å². The number of carbonyl (C=O) groups excluding carboxylic acids is 1. The number of rotatable bonds is 21.